The molecule has 1 aromatic carbocycles. The van der Waals surface area contributed by atoms with Gasteiger partial charge in [0.05, 0.1) is 10.5 Å². The minimum Gasteiger partial charge on any atom is -0.377 e. The molecule has 0 saturated heterocycles. The smallest absolute Gasteiger partial charge is 0.274 e. The Morgan fingerprint density at radius 3 is 2.47 bits per heavy atom. The van der Waals surface area contributed by atoms with Crippen LogP contribution < -0.4 is 10.6 Å². The molecule has 0 saturated carbocycles. The molecule has 1 aromatic rings. The molecule has 0 heterocycles. The van der Waals surface area contributed by atoms with E-state index in [0.29, 0.717) is 12.1 Å². The van der Waals surface area contributed by atoms with Crippen LogP contribution in [0.5, 0.6) is 0 Å². The van der Waals surface area contributed by atoms with E-state index in [1.807, 2.05) is 25.1 Å². The number of nitro benzene ring substituents is 1. The molecular formula is C10H15N3O2. The van der Waals surface area contributed by atoms with Gasteiger partial charge in [-0.05, 0) is 18.6 Å². The van der Waals surface area contributed by atoms with Crippen LogP contribution in [0.25, 0.3) is 0 Å². The van der Waals surface area contributed by atoms with Gasteiger partial charge in [-0.3, -0.25) is 10.1 Å². The van der Waals surface area contributed by atoms with Crippen LogP contribution in [-0.4, -0.2) is 19.0 Å². The summed E-state index contributed by atoms with van der Waals surface area (Å²) in [5.74, 6) is 0. The summed E-state index contributed by atoms with van der Waals surface area (Å²) in [6.07, 6.45) is 0. The second kappa shape index (κ2) is 4.27. The average Bonchev–Trinajstić information content (AvgIpc) is 2.17. The predicted octanol–water partition coefficient (Wildman–Crippen LogP) is 1.43. The summed E-state index contributed by atoms with van der Waals surface area (Å²) in [4.78, 5) is 12.3. The van der Waals surface area contributed by atoms with Crippen LogP contribution in [-0.2, 0) is 6.54 Å². The molecule has 0 atom stereocenters. The first-order valence-corrected chi connectivity index (χ1v) is 4.62. The maximum Gasteiger partial charge on any atom is 0.274 e. The minimum atomic E-state index is -0.374. The lowest BCUT2D eigenvalue weighted by Gasteiger charge is -2.16. The van der Waals surface area contributed by atoms with Gasteiger partial charge < -0.3 is 10.6 Å². The third kappa shape index (κ3) is 2.24. The maximum atomic E-state index is 10.8. The van der Waals surface area contributed by atoms with E-state index < -0.39 is 0 Å². The van der Waals surface area contributed by atoms with Crippen molar-refractivity contribution in [2.24, 2.45) is 5.73 Å². The predicted molar refractivity (Wildman–Crippen MR) is 60.1 cm³/mol. The topological polar surface area (TPSA) is 72.4 Å². The summed E-state index contributed by atoms with van der Waals surface area (Å²) in [6, 6.07) is 3.41. The number of nitrogens with two attached hydrogens (primary N) is 1. The van der Waals surface area contributed by atoms with Crippen molar-refractivity contribution in [2.75, 3.05) is 19.0 Å². The maximum absolute atomic E-state index is 10.8. The highest BCUT2D eigenvalue weighted by Gasteiger charge is 2.16. The zero-order valence-electron chi connectivity index (χ0n) is 9.15. The summed E-state index contributed by atoms with van der Waals surface area (Å²) < 4.78 is 0. The number of anilines is 1. The van der Waals surface area contributed by atoms with Crippen molar-refractivity contribution in [2.45, 2.75) is 13.5 Å². The quantitative estimate of drug-likeness (QED) is 0.603. The summed E-state index contributed by atoms with van der Waals surface area (Å²) in [6.45, 7) is 2.05. The number of benzene rings is 1. The molecule has 0 bridgehead atoms. The highest BCUT2D eigenvalue weighted by molar-refractivity contribution is 5.62. The summed E-state index contributed by atoms with van der Waals surface area (Å²) in [5.41, 5.74) is 7.90. The molecule has 0 radical (unpaired) electrons. The monoisotopic (exact) mass is 209 g/mol. The standard InChI is InChI=1S/C10H15N3O2/c1-7-9(12(2)3)4-8(6-11)5-10(7)13(14)15/h4-5H,6,11H2,1-3H3. The van der Waals surface area contributed by atoms with Gasteiger partial charge in [0.25, 0.3) is 5.69 Å². The molecule has 0 aliphatic rings. The molecule has 0 fully saturated rings. The number of hydrogen-bond donors (Lipinski definition) is 1. The van der Waals surface area contributed by atoms with E-state index in [1.54, 1.807) is 6.92 Å². The van der Waals surface area contributed by atoms with Crippen molar-refractivity contribution >= 4 is 11.4 Å². The fourth-order valence-corrected chi connectivity index (χ4v) is 1.51. The van der Waals surface area contributed by atoms with Crippen LogP contribution in [0.1, 0.15) is 11.1 Å². The van der Waals surface area contributed by atoms with Crippen molar-refractivity contribution in [3.8, 4) is 0 Å². The van der Waals surface area contributed by atoms with Crippen molar-refractivity contribution in [3.63, 3.8) is 0 Å². The van der Waals surface area contributed by atoms with Crippen LogP contribution in [0, 0.1) is 17.0 Å². The summed E-state index contributed by atoms with van der Waals surface area (Å²) >= 11 is 0. The molecule has 0 aromatic heterocycles. The lowest BCUT2D eigenvalue weighted by Crippen LogP contribution is -2.12. The SMILES string of the molecule is Cc1c(N(C)C)cc(CN)cc1[N+](=O)[O-]. The molecule has 0 aliphatic heterocycles. The molecule has 15 heavy (non-hydrogen) atoms. The van der Waals surface area contributed by atoms with E-state index in [1.165, 1.54) is 6.07 Å². The number of hydrogen-bond acceptors (Lipinski definition) is 4. The van der Waals surface area contributed by atoms with Gasteiger partial charge in [-0.1, -0.05) is 0 Å². The molecule has 1 rings (SSSR count). The molecule has 5 nitrogen and oxygen atoms in total. The average molecular weight is 209 g/mol. The zero-order valence-corrected chi connectivity index (χ0v) is 9.15. The Morgan fingerprint density at radius 1 is 1.47 bits per heavy atom. The third-order valence-corrected chi connectivity index (χ3v) is 2.33. The molecular weight excluding hydrogens is 194 g/mol. The van der Waals surface area contributed by atoms with E-state index >= 15 is 0 Å². The summed E-state index contributed by atoms with van der Waals surface area (Å²) in [7, 11) is 3.71. The Hall–Kier alpha value is -1.62. The van der Waals surface area contributed by atoms with Gasteiger partial charge in [0.15, 0.2) is 0 Å². The Kier molecular flexibility index (Phi) is 3.26. The van der Waals surface area contributed by atoms with Gasteiger partial charge in [-0.25, -0.2) is 0 Å². The second-order valence-electron chi connectivity index (χ2n) is 3.61. The van der Waals surface area contributed by atoms with Crippen molar-refractivity contribution < 1.29 is 4.92 Å². The van der Waals surface area contributed by atoms with Crippen LogP contribution in [0.2, 0.25) is 0 Å². The highest BCUT2D eigenvalue weighted by Crippen LogP contribution is 2.29. The van der Waals surface area contributed by atoms with E-state index in [9.17, 15) is 10.1 Å². The van der Waals surface area contributed by atoms with Crippen LogP contribution >= 0.6 is 0 Å². The second-order valence-corrected chi connectivity index (χ2v) is 3.61. The van der Waals surface area contributed by atoms with E-state index in [4.69, 9.17) is 5.73 Å². The lowest BCUT2D eigenvalue weighted by molar-refractivity contribution is -0.385. The Labute approximate surface area is 88.6 Å². The number of nitro groups is 1. The lowest BCUT2D eigenvalue weighted by atomic mass is 10.1. The highest BCUT2D eigenvalue weighted by atomic mass is 16.6. The van der Waals surface area contributed by atoms with Gasteiger partial charge in [-0.2, -0.15) is 0 Å². The van der Waals surface area contributed by atoms with Gasteiger partial charge >= 0.3 is 0 Å². The van der Waals surface area contributed by atoms with E-state index in [-0.39, 0.29) is 10.6 Å². The third-order valence-electron chi connectivity index (χ3n) is 2.33. The Bertz CT molecular complexity index is 388. The molecule has 0 spiro atoms. The fourth-order valence-electron chi connectivity index (χ4n) is 1.51. The van der Waals surface area contributed by atoms with Crippen molar-refractivity contribution in [1.82, 2.24) is 0 Å². The fraction of sp³-hybridized carbons (Fsp3) is 0.400. The molecule has 0 aliphatic carbocycles. The van der Waals surface area contributed by atoms with Gasteiger partial charge in [0.2, 0.25) is 0 Å². The van der Waals surface area contributed by atoms with Crippen molar-refractivity contribution in [1.29, 1.82) is 0 Å². The van der Waals surface area contributed by atoms with Crippen molar-refractivity contribution in [3.05, 3.63) is 33.4 Å². The molecule has 5 heteroatoms. The Balaban J connectivity index is 3.40. The first kappa shape index (κ1) is 11.5. The summed E-state index contributed by atoms with van der Waals surface area (Å²) in [5, 5.41) is 10.8. The molecule has 2 N–H and O–H groups in total. The van der Waals surface area contributed by atoms with Gasteiger partial charge in [0.1, 0.15) is 0 Å². The van der Waals surface area contributed by atoms with Gasteiger partial charge in [0, 0.05) is 32.4 Å². The number of nitrogens with zero attached hydrogens (tertiary/aromatic N) is 2. The normalized spacial score (nSPS) is 10.1. The molecule has 0 unspecified atom stereocenters. The molecule has 0 amide bonds. The minimum absolute atomic E-state index is 0.127. The Morgan fingerprint density at radius 2 is 2.07 bits per heavy atom. The first-order chi connectivity index (χ1) is 6.97. The van der Waals surface area contributed by atoms with Crippen LogP contribution in [0.3, 0.4) is 0 Å². The van der Waals surface area contributed by atoms with E-state index in [2.05, 4.69) is 0 Å². The number of rotatable bonds is 3. The van der Waals surface area contributed by atoms with E-state index in [0.717, 1.165) is 11.3 Å². The largest absolute Gasteiger partial charge is 0.377 e. The molecule has 82 valence electrons. The van der Waals surface area contributed by atoms with Crippen LogP contribution in [0.15, 0.2) is 12.1 Å². The van der Waals surface area contributed by atoms with Crippen LogP contribution in [0.4, 0.5) is 11.4 Å². The first-order valence-electron chi connectivity index (χ1n) is 4.62. The zero-order chi connectivity index (χ0) is 11.6. The van der Waals surface area contributed by atoms with Gasteiger partial charge in [-0.15, -0.1) is 0 Å².